The van der Waals surface area contributed by atoms with Gasteiger partial charge in [-0.1, -0.05) is 0 Å². The standard InChI is InChI=1S/C14H27N3O2/c1-11(2)16-7-3-4-12(5-8-16)17-9-6-14(15,10-17)13(18)19/h11-12H,3-10,15H2,1-2H3,(H,18,19). The molecule has 110 valence electrons. The predicted octanol–water partition coefficient (Wildman–Crippen LogP) is 0.737. The molecule has 0 spiro atoms. The highest BCUT2D eigenvalue weighted by atomic mass is 16.4. The molecule has 0 aromatic heterocycles. The van der Waals surface area contributed by atoms with Crippen LogP contribution in [-0.2, 0) is 4.79 Å². The van der Waals surface area contributed by atoms with E-state index in [0.29, 0.717) is 25.0 Å². The van der Waals surface area contributed by atoms with Gasteiger partial charge in [0.1, 0.15) is 5.54 Å². The van der Waals surface area contributed by atoms with E-state index in [1.54, 1.807) is 0 Å². The van der Waals surface area contributed by atoms with Crippen LogP contribution in [0.4, 0.5) is 0 Å². The molecule has 5 heteroatoms. The molecule has 2 heterocycles. The number of hydrogen-bond donors (Lipinski definition) is 2. The van der Waals surface area contributed by atoms with Gasteiger partial charge in [0.15, 0.2) is 0 Å². The van der Waals surface area contributed by atoms with Gasteiger partial charge in [0.25, 0.3) is 0 Å². The highest BCUT2D eigenvalue weighted by Crippen LogP contribution is 2.26. The summed E-state index contributed by atoms with van der Waals surface area (Å²) in [4.78, 5) is 16.0. The Kier molecular flexibility index (Phi) is 4.48. The van der Waals surface area contributed by atoms with Gasteiger partial charge in [0.05, 0.1) is 0 Å². The van der Waals surface area contributed by atoms with Crippen molar-refractivity contribution >= 4 is 5.97 Å². The second-order valence-electron chi connectivity index (χ2n) is 6.40. The van der Waals surface area contributed by atoms with E-state index in [1.807, 2.05) is 0 Å². The minimum atomic E-state index is -1.02. The van der Waals surface area contributed by atoms with Crippen molar-refractivity contribution in [1.29, 1.82) is 0 Å². The minimum Gasteiger partial charge on any atom is -0.480 e. The Morgan fingerprint density at radius 1 is 1.32 bits per heavy atom. The van der Waals surface area contributed by atoms with E-state index in [2.05, 4.69) is 23.6 Å². The van der Waals surface area contributed by atoms with E-state index in [0.717, 1.165) is 26.1 Å². The van der Waals surface area contributed by atoms with E-state index >= 15 is 0 Å². The Hall–Kier alpha value is -0.650. The molecule has 0 saturated carbocycles. The summed E-state index contributed by atoms with van der Waals surface area (Å²) in [6.07, 6.45) is 4.07. The third kappa shape index (κ3) is 3.27. The maximum absolute atomic E-state index is 11.2. The first-order valence-electron chi connectivity index (χ1n) is 7.43. The molecule has 0 aromatic rings. The average molecular weight is 269 g/mol. The van der Waals surface area contributed by atoms with Crippen molar-refractivity contribution in [3.8, 4) is 0 Å². The van der Waals surface area contributed by atoms with Crippen molar-refractivity contribution in [2.75, 3.05) is 26.2 Å². The van der Waals surface area contributed by atoms with Crippen LogP contribution in [0.15, 0.2) is 0 Å². The van der Waals surface area contributed by atoms with Gasteiger partial charge in [0.2, 0.25) is 0 Å². The summed E-state index contributed by atoms with van der Waals surface area (Å²) in [6, 6.07) is 1.11. The van der Waals surface area contributed by atoms with Crippen LogP contribution in [0.1, 0.15) is 39.5 Å². The van der Waals surface area contributed by atoms with Crippen LogP contribution in [0.2, 0.25) is 0 Å². The number of hydrogen-bond acceptors (Lipinski definition) is 4. The predicted molar refractivity (Wildman–Crippen MR) is 75.1 cm³/mol. The Labute approximate surface area is 115 Å². The molecule has 2 aliphatic rings. The van der Waals surface area contributed by atoms with Gasteiger partial charge in [-0.3, -0.25) is 9.69 Å². The molecule has 2 fully saturated rings. The molecule has 0 bridgehead atoms. The number of nitrogens with zero attached hydrogens (tertiary/aromatic N) is 2. The van der Waals surface area contributed by atoms with Crippen molar-refractivity contribution < 1.29 is 9.90 Å². The summed E-state index contributed by atoms with van der Waals surface area (Å²) in [7, 11) is 0. The normalized spacial score (nSPS) is 34.6. The van der Waals surface area contributed by atoms with E-state index in [1.165, 1.54) is 12.8 Å². The first kappa shape index (κ1) is 14.8. The molecule has 2 rings (SSSR count). The van der Waals surface area contributed by atoms with Crippen molar-refractivity contribution in [3.63, 3.8) is 0 Å². The molecule has 0 radical (unpaired) electrons. The Morgan fingerprint density at radius 3 is 2.63 bits per heavy atom. The molecule has 3 N–H and O–H groups in total. The van der Waals surface area contributed by atoms with Crippen molar-refractivity contribution in [3.05, 3.63) is 0 Å². The fraction of sp³-hybridized carbons (Fsp3) is 0.929. The van der Waals surface area contributed by atoms with Gasteiger partial charge in [-0.2, -0.15) is 0 Å². The van der Waals surface area contributed by atoms with Gasteiger partial charge < -0.3 is 15.7 Å². The third-order valence-corrected chi connectivity index (χ3v) is 4.74. The van der Waals surface area contributed by atoms with Crippen LogP contribution in [0.3, 0.4) is 0 Å². The van der Waals surface area contributed by atoms with Gasteiger partial charge in [0, 0.05) is 25.2 Å². The zero-order valence-electron chi connectivity index (χ0n) is 12.1. The summed E-state index contributed by atoms with van der Waals surface area (Å²) in [6.45, 7) is 8.10. The lowest BCUT2D eigenvalue weighted by Gasteiger charge is -2.28. The number of likely N-dealkylation sites (tertiary alicyclic amines) is 2. The zero-order valence-corrected chi connectivity index (χ0v) is 12.1. The summed E-state index contributed by atoms with van der Waals surface area (Å²) in [5.74, 6) is -0.854. The number of carbonyl (C=O) groups is 1. The summed E-state index contributed by atoms with van der Waals surface area (Å²) >= 11 is 0. The molecule has 19 heavy (non-hydrogen) atoms. The lowest BCUT2D eigenvalue weighted by molar-refractivity contribution is -0.142. The number of carboxylic acids is 1. The van der Waals surface area contributed by atoms with Crippen LogP contribution < -0.4 is 5.73 Å². The molecule has 0 aromatic carbocycles. The highest BCUT2D eigenvalue weighted by molar-refractivity contribution is 5.79. The van der Waals surface area contributed by atoms with Crippen LogP contribution in [0, 0.1) is 0 Å². The zero-order chi connectivity index (χ0) is 14.0. The van der Waals surface area contributed by atoms with Gasteiger partial charge in [-0.15, -0.1) is 0 Å². The molecular weight excluding hydrogens is 242 g/mol. The molecule has 2 saturated heterocycles. The molecular formula is C14H27N3O2. The van der Waals surface area contributed by atoms with E-state index < -0.39 is 11.5 Å². The van der Waals surface area contributed by atoms with Gasteiger partial charge in [-0.25, -0.2) is 0 Å². The summed E-state index contributed by atoms with van der Waals surface area (Å²) in [5, 5.41) is 9.20. The Bertz CT molecular complexity index is 335. The summed E-state index contributed by atoms with van der Waals surface area (Å²) < 4.78 is 0. The maximum Gasteiger partial charge on any atom is 0.325 e. The highest BCUT2D eigenvalue weighted by Gasteiger charge is 2.43. The molecule has 2 unspecified atom stereocenters. The minimum absolute atomic E-state index is 0.508. The smallest absolute Gasteiger partial charge is 0.325 e. The molecule has 2 aliphatic heterocycles. The monoisotopic (exact) mass is 269 g/mol. The second-order valence-corrected chi connectivity index (χ2v) is 6.40. The van der Waals surface area contributed by atoms with Gasteiger partial charge >= 0.3 is 5.97 Å². The van der Waals surface area contributed by atoms with Crippen LogP contribution >= 0.6 is 0 Å². The van der Waals surface area contributed by atoms with Crippen LogP contribution in [0.25, 0.3) is 0 Å². The largest absolute Gasteiger partial charge is 0.480 e. The Balaban J connectivity index is 1.92. The van der Waals surface area contributed by atoms with Crippen molar-refractivity contribution in [2.45, 2.75) is 57.2 Å². The molecule has 0 amide bonds. The number of rotatable bonds is 3. The summed E-state index contributed by atoms with van der Waals surface area (Å²) in [5.41, 5.74) is 4.94. The lowest BCUT2D eigenvalue weighted by Crippen LogP contribution is -2.51. The van der Waals surface area contributed by atoms with Crippen molar-refractivity contribution in [2.24, 2.45) is 5.73 Å². The fourth-order valence-electron chi connectivity index (χ4n) is 3.33. The van der Waals surface area contributed by atoms with E-state index in [9.17, 15) is 9.90 Å². The Morgan fingerprint density at radius 2 is 2.05 bits per heavy atom. The number of nitrogens with two attached hydrogens (primary N) is 1. The first-order chi connectivity index (χ1) is 8.92. The fourth-order valence-corrected chi connectivity index (χ4v) is 3.33. The molecule has 2 atom stereocenters. The van der Waals surface area contributed by atoms with E-state index in [4.69, 9.17) is 5.73 Å². The quantitative estimate of drug-likeness (QED) is 0.791. The SMILES string of the molecule is CC(C)N1CCCC(N2CCC(N)(C(=O)O)C2)CC1. The number of aliphatic carboxylic acids is 1. The average Bonchev–Trinajstić information content (AvgIpc) is 2.61. The molecule has 5 nitrogen and oxygen atoms in total. The lowest BCUT2D eigenvalue weighted by atomic mass is 10.0. The van der Waals surface area contributed by atoms with Crippen LogP contribution in [-0.4, -0.2) is 64.7 Å². The van der Waals surface area contributed by atoms with Crippen molar-refractivity contribution in [1.82, 2.24) is 9.80 Å². The topological polar surface area (TPSA) is 69.8 Å². The first-order valence-corrected chi connectivity index (χ1v) is 7.43. The maximum atomic E-state index is 11.2. The number of carboxylic acid groups (broad SMARTS) is 1. The molecule has 0 aliphatic carbocycles. The van der Waals surface area contributed by atoms with Gasteiger partial charge in [-0.05, 0) is 52.6 Å². The van der Waals surface area contributed by atoms with E-state index in [-0.39, 0.29) is 0 Å². The second kappa shape index (κ2) is 5.77. The van der Waals surface area contributed by atoms with Crippen LogP contribution in [0.5, 0.6) is 0 Å². The third-order valence-electron chi connectivity index (χ3n) is 4.74.